The minimum Gasteiger partial charge on any atom is -0.508 e. The zero-order valence-corrected chi connectivity index (χ0v) is 18.0. The van der Waals surface area contributed by atoms with Crippen molar-refractivity contribution in [2.75, 3.05) is 19.7 Å². The van der Waals surface area contributed by atoms with E-state index >= 15 is 0 Å². The fraction of sp³-hybridized carbons (Fsp3) is 0.455. The van der Waals surface area contributed by atoms with Crippen molar-refractivity contribution >= 4 is 23.2 Å². The highest BCUT2D eigenvalue weighted by Gasteiger charge is 2.12. The van der Waals surface area contributed by atoms with Gasteiger partial charge < -0.3 is 15.2 Å². The molecule has 2 aromatic carbocycles. The monoisotopic (exact) mass is 409 g/mol. The summed E-state index contributed by atoms with van der Waals surface area (Å²) in [4.78, 5) is 0. The Balaban J connectivity index is 2.05. The molecule has 2 aromatic rings. The summed E-state index contributed by atoms with van der Waals surface area (Å²) in [5.74, 6) is 1.86. The van der Waals surface area contributed by atoms with Gasteiger partial charge in [-0.3, -0.25) is 0 Å². The Bertz CT molecular complexity index is 737. The predicted octanol–water partition coefficient (Wildman–Crippen LogP) is 6.04. The van der Waals surface area contributed by atoms with Gasteiger partial charge in [0.05, 0.1) is 0 Å². The summed E-state index contributed by atoms with van der Waals surface area (Å²) in [6.45, 7) is 10.8. The van der Waals surface area contributed by atoms with Crippen LogP contribution in [-0.2, 0) is 6.42 Å². The van der Waals surface area contributed by atoms with Crippen LogP contribution in [-0.4, -0.2) is 24.8 Å². The predicted molar refractivity (Wildman–Crippen MR) is 115 cm³/mol. The number of benzene rings is 2. The molecule has 0 unspecified atom stereocenters. The second kappa shape index (κ2) is 10.2. The van der Waals surface area contributed by atoms with Crippen LogP contribution < -0.4 is 10.1 Å². The Morgan fingerprint density at radius 2 is 1.70 bits per heavy atom. The molecule has 0 bridgehead atoms. The van der Waals surface area contributed by atoms with E-state index in [2.05, 4.69) is 33.0 Å². The summed E-state index contributed by atoms with van der Waals surface area (Å²) in [5, 5.41) is 14.5. The summed E-state index contributed by atoms with van der Waals surface area (Å²) in [5.41, 5.74) is 2.85. The third-order valence-electron chi connectivity index (χ3n) is 4.31. The molecule has 3 nitrogen and oxygen atoms in total. The van der Waals surface area contributed by atoms with Crippen molar-refractivity contribution in [2.45, 2.75) is 40.0 Å². The summed E-state index contributed by atoms with van der Waals surface area (Å²) in [6.07, 6.45) is 0.605. The molecule has 0 saturated heterocycles. The number of hydrogen-bond acceptors (Lipinski definition) is 3. The fourth-order valence-electron chi connectivity index (χ4n) is 2.84. The molecule has 0 aliphatic carbocycles. The van der Waals surface area contributed by atoms with Crippen LogP contribution in [0.5, 0.6) is 11.5 Å². The van der Waals surface area contributed by atoms with Crippen molar-refractivity contribution in [1.29, 1.82) is 0 Å². The van der Waals surface area contributed by atoms with Gasteiger partial charge in [-0.05, 0) is 53.3 Å². The normalized spacial score (nSPS) is 11.4. The van der Waals surface area contributed by atoms with Gasteiger partial charge in [0.2, 0.25) is 0 Å². The number of phenols is 1. The molecule has 2 N–H and O–H groups in total. The van der Waals surface area contributed by atoms with Gasteiger partial charge in [0.15, 0.2) is 0 Å². The van der Waals surface area contributed by atoms with E-state index in [-0.39, 0.29) is 5.92 Å². The van der Waals surface area contributed by atoms with Crippen LogP contribution in [0.2, 0.25) is 10.0 Å². The van der Waals surface area contributed by atoms with Crippen LogP contribution >= 0.6 is 23.2 Å². The van der Waals surface area contributed by atoms with Crippen LogP contribution in [0.3, 0.4) is 0 Å². The summed E-state index contributed by atoms with van der Waals surface area (Å²) >= 11 is 12.9. The minimum absolute atomic E-state index is 0.246. The lowest BCUT2D eigenvalue weighted by molar-refractivity contribution is 0.311. The van der Waals surface area contributed by atoms with Crippen LogP contribution in [0.1, 0.15) is 50.3 Å². The molecule has 0 spiro atoms. The Labute approximate surface area is 172 Å². The molecule has 0 aromatic heterocycles. The van der Waals surface area contributed by atoms with Crippen molar-refractivity contribution in [3.63, 3.8) is 0 Å². The van der Waals surface area contributed by atoms with Crippen LogP contribution in [0.4, 0.5) is 0 Å². The van der Waals surface area contributed by atoms with Crippen molar-refractivity contribution in [2.24, 2.45) is 5.92 Å². The maximum atomic E-state index is 9.99. The second-order valence-corrected chi connectivity index (χ2v) is 8.35. The molecule has 0 atom stereocenters. The van der Waals surface area contributed by atoms with Crippen molar-refractivity contribution in [1.82, 2.24) is 5.32 Å². The lowest BCUT2D eigenvalue weighted by Crippen LogP contribution is -2.24. The molecule has 5 heteroatoms. The van der Waals surface area contributed by atoms with E-state index in [4.69, 9.17) is 27.9 Å². The molecule has 0 aliphatic rings. The number of phenolic OH excluding ortho intramolecular Hbond substituents is 1. The number of halogens is 2. The third-order valence-corrected chi connectivity index (χ3v) is 4.98. The van der Waals surface area contributed by atoms with Gasteiger partial charge in [0.25, 0.3) is 0 Å². The third kappa shape index (κ3) is 6.60. The first-order chi connectivity index (χ1) is 12.8. The molecule has 27 heavy (non-hydrogen) atoms. The van der Waals surface area contributed by atoms with E-state index in [1.54, 1.807) is 6.07 Å². The zero-order chi connectivity index (χ0) is 20.0. The first-order valence-corrected chi connectivity index (χ1v) is 10.2. The molecule has 148 valence electrons. The SMILES string of the molecule is CC(C)CNCCOc1cc(Cl)c(Cc2ccc(O)c(C(C)C)c2)c(Cl)c1. The van der Waals surface area contributed by atoms with E-state index in [0.29, 0.717) is 40.5 Å². The molecule has 0 amide bonds. The Morgan fingerprint density at radius 3 is 2.30 bits per heavy atom. The average molecular weight is 410 g/mol. The summed E-state index contributed by atoms with van der Waals surface area (Å²) in [7, 11) is 0. The van der Waals surface area contributed by atoms with E-state index in [9.17, 15) is 5.11 Å². The molecule has 0 aliphatic heterocycles. The van der Waals surface area contributed by atoms with E-state index < -0.39 is 0 Å². The number of ether oxygens (including phenoxy) is 1. The van der Waals surface area contributed by atoms with E-state index in [1.807, 2.05) is 24.3 Å². The van der Waals surface area contributed by atoms with Crippen molar-refractivity contribution < 1.29 is 9.84 Å². The molecule has 0 fully saturated rings. The lowest BCUT2D eigenvalue weighted by atomic mass is 9.96. The van der Waals surface area contributed by atoms with E-state index in [0.717, 1.165) is 29.8 Å². The largest absolute Gasteiger partial charge is 0.508 e. The number of rotatable bonds is 9. The first-order valence-electron chi connectivity index (χ1n) is 9.41. The van der Waals surface area contributed by atoms with Crippen LogP contribution in [0.25, 0.3) is 0 Å². The Hall–Kier alpha value is -1.42. The van der Waals surface area contributed by atoms with Crippen molar-refractivity contribution in [3.05, 3.63) is 57.1 Å². The Morgan fingerprint density at radius 1 is 1.04 bits per heavy atom. The van der Waals surface area contributed by atoms with Crippen LogP contribution in [0.15, 0.2) is 30.3 Å². The maximum Gasteiger partial charge on any atom is 0.122 e. The zero-order valence-electron chi connectivity index (χ0n) is 16.5. The van der Waals surface area contributed by atoms with Gasteiger partial charge in [-0.25, -0.2) is 0 Å². The van der Waals surface area contributed by atoms with Gasteiger partial charge in [0.1, 0.15) is 18.1 Å². The highest BCUT2D eigenvalue weighted by atomic mass is 35.5. The highest BCUT2D eigenvalue weighted by molar-refractivity contribution is 6.36. The number of nitrogens with one attached hydrogen (secondary N) is 1. The van der Waals surface area contributed by atoms with Gasteiger partial charge in [-0.15, -0.1) is 0 Å². The first kappa shape index (κ1) is 21.9. The number of aromatic hydroxyl groups is 1. The van der Waals surface area contributed by atoms with Gasteiger partial charge >= 0.3 is 0 Å². The second-order valence-electron chi connectivity index (χ2n) is 7.54. The smallest absolute Gasteiger partial charge is 0.122 e. The summed E-state index contributed by atoms with van der Waals surface area (Å²) < 4.78 is 5.76. The molecule has 0 radical (unpaired) electrons. The molecule has 2 rings (SSSR count). The van der Waals surface area contributed by atoms with Gasteiger partial charge in [-0.1, -0.05) is 63.0 Å². The molecule has 0 heterocycles. The minimum atomic E-state index is 0.246. The topological polar surface area (TPSA) is 41.5 Å². The van der Waals surface area contributed by atoms with Crippen LogP contribution in [0, 0.1) is 5.92 Å². The lowest BCUT2D eigenvalue weighted by Gasteiger charge is -2.14. The maximum absolute atomic E-state index is 9.99. The molecular formula is C22H29Cl2NO2. The Kier molecular flexibility index (Phi) is 8.28. The van der Waals surface area contributed by atoms with Gasteiger partial charge in [0, 0.05) is 23.0 Å². The van der Waals surface area contributed by atoms with Gasteiger partial charge in [-0.2, -0.15) is 0 Å². The standard InChI is InChI=1S/C22H29Cl2NO2/c1-14(2)13-25-7-8-27-17-11-20(23)19(21(24)12-17)10-16-5-6-22(26)18(9-16)15(3)4/h5-6,9,11-12,14-15,25-26H,7-8,10,13H2,1-4H3. The molecule has 0 saturated carbocycles. The average Bonchev–Trinajstić information content (AvgIpc) is 2.58. The molecular weight excluding hydrogens is 381 g/mol. The summed E-state index contributed by atoms with van der Waals surface area (Å²) in [6, 6.07) is 9.27. The fourth-order valence-corrected chi connectivity index (χ4v) is 3.44. The highest BCUT2D eigenvalue weighted by Crippen LogP contribution is 2.33. The quantitative estimate of drug-likeness (QED) is 0.496. The van der Waals surface area contributed by atoms with Crippen molar-refractivity contribution in [3.8, 4) is 11.5 Å². The van der Waals surface area contributed by atoms with E-state index in [1.165, 1.54) is 0 Å². The number of hydrogen-bond donors (Lipinski definition) is 2.